The van der Waals surface area contributed by atoms with Crippen LogP contribution in [0.15, 0.2) is 30.6 Å². The summed E-state index contributed by atoms with van der Waals surface area (Å²) in [5.74, 6) is 0. The van der Waals surface area contributed by atoms with Crippen molar-refractivity contribution in [2.24, 2.45) is 0 Å². The molecule has 17 heavy (non-hydrogen) atoms. The Labute approximate surface area is 113 Å². The highest BCUT2D eigenvalue weighted by Gasteiger charge is 2.16. The van der Waals surface area contributed by atoms with E-state index in [4.69, 9.17) is 0 Å². The maximum absolute atomic E-state index is 4.43. The van der Waals surface area contributed by atoms with Gasteiger partial charge >= 0.3 is 0 Å². The van der Waals surface area contributed by atoms with Crippen LogP contribution < -0.4 is 5.32 Å². The summed E-state index contributed by atoms with van der Waals surface area (Å²) < 4.78 is 2.31. The fourth-order valence-corrected chi connectivity index (χ4v) is 2.34. The molecular formula is C12H17Cl2N3. The molecule has 1 N–H and O–H groups in total. The SMILES string of the molecule is Cl.Cl.c1ccc2c(c1)ncn2C1CCCNC1. The van der Waals surface area contributed by atoms with Crippen LogP contribution in [0.3, 0.4) is 0 Å². The Morgan fingerprint density at radius 3 is 2.82 bits per heavy atom. The van der Waals surface area contributed by atoms with E-state index in [1.807, 2.05) is 12.4 Å². The summed E-state index contributed by atoms with van der Waals surface area (Å²) >= 11 is 0. The van der Waals surface area contributed by atoms with Crippen LogP contribution in [0.2, 0.25) is 0 Å². The third-order valence-corrected chi connectivity index (χ3v) is 3.15. The Kier molecular flexibility index (Phi) is 5.25. The lowest BCUT2D eigenvalue weighted by Gasteiger charge is -2.24. The molecule has 1 unspecified atom stereocenters. The van der Waals surface area contributed by atoms with Crippen LogP contribution in [0, 0.1) is 0 Å². The van der Waals surface area contributed by atoms with Gasteiger partial charge in [-0.15, -0.1) is 24.8 Å². The fraction of sp³-hybridized carbons (Fsp3) is 0.417. The minimum Gasteiger partial charge on any atom is -0.326 e. The van der Waals surface area contributed by atoms with Gasteiger partial charge in [-0.1, -0.05) is 12.1 Å². The molecule has 1 atom stereocenters. The molecule has 0 radical (unpaired) electrons. The molecule has 1 fully saturated rings. The van der Waals surface area contributed by atoms with E-state index in [1.54, 1.807) is 0 Å². The van der Waals surface area contributed by atoms with Gasteiger partial charge < -0.3 is 9.88 Å². The third kappa shape index (κ3) is 2.73. The molecule has 1 aromatic carbocycles. The summed E-state index contributed by atoms with van der Waals surface area (Å²) in [4.78, 5) is 4.43. The van der Waals surface area contributed by atoms with Crippen LogP contribution in [0.1, 0.15) is 18.9 Å². The minimum atomic E-state index is 0. The van der Waals surface area contributed by atoms with Crippen molar-refractivity contribution in [2.45, 2.75) is 18.9 Å². The zero-order valence-corrected chi connectivity index (χ0v) is 11.1. The second kappa shape index (κ2) is 6.24. The molecule has 0 bridgehead atoms. The summed E-state index contributed by atoms with van der Waals surface area (Å²) in [6, 6.07) is 8.92. The highest BCUT2D eigenvalue weighted by molar-refractivity contribution is 5.85. The zero-order valence-electron chi connectivity index (χ0n) is 9.50. The minimum absolute atomic E-state index is 0. The van der Waals surface area contributed by atoms with E-state index in [0.717, 1.165) is 18.6 Å². The summed E-state index contributed by atoms with van der Waals surface area (Å²) in [6.45, 7) is 2.23. The van der Waals surface area contributed by atoms with E-state index in [0.29, 0.717) is 6.04 Å². The van der Waals surface area contributed by atoms with Crippen molar-refractivity contribution in [3.63, 3.8) is 0 Å². The van der Waals surface area contributed by atoms with Gasteiger partial charge in [0.25, 0.3) is 0 Å². The zero-order chi connectivity index (χ0) is 10.1. The molecule has 1 aliphatic rings. The van der Waals surface area contributed by atoms with E-state index in [-0.39, 0.29) is 24.8 Å². The van der Waals surface area contributed by atoms with Crippen molar-refractivity contribution < 1.29 is 0 Å². The smallest absolute Gasteiger partial charge is 0.0961 e. The molecule has 5 heteroatoms. The molecule has 0 amide bonds. The van der Waals surface area contributed by atoms with Crippen LogP contribution in [0.25, 0.3) is 11.0 Å². The van der Waals surface area contributed by atoms with E-state index in [2.05, 4.69) is 33.1 Å². The molecule has 1 aromatic heterocycles. The average Bonchev–Trinajstić information content (AvgIpc) is 2.74. The van der Waals surface area contributed by atoms with Crippen molar-refractivity contribution in [3.8, 4) is 0 Å². The monoisotopic (exact) mass is 273 g/mol. The molecule has 3 nitrogen and oxygen atoms in total. The molecule has 1 aliphatic heterocycles. The number of rotatable bonds is 1. The molecule has 0 saturated carbocycles. The fourth-order valence-electron chi connectivity index (χ4n) is 2.34. The second-order valence-electron chi connectivity index (χ2n) is 4.14. The van der Waals surface area contributed by atoms with Gasteiger partial charge in [0.1, 0.15) is 0 Å². The van der Waals surface area contributed by atoms with Crippen LogP contribution in [0.4, 0.5) is 0 Å². The molecule has 94 valence electrons. The number of nitrogens with one attached hydrogen (secondary N) is 1. The predicted molar refractivity (Wildman–Crippen MR) is 75.4 cm³/mol. The van der Waals surface area contributed by atoms with Crippen LogP contribution in [-0.4, -0.2) is 22.6 Å². The number of hydrogen-bond acceptors (Lipinski definition) is 2. The lowest BCUT2D eigenvalue weighted by atomic mass is 10.1. The van der Waals surface area contributed by atoms with E-state index < -0.39 is 0 Å². The number of benzene rings is 1. The maximum Gasteiger partial charge on any atom is 0.0961 e. The lowest BCUT2D eigenvalue weighted by Crippen LogP contribution is -2.31. The van der Waals surface area contributed by atoms with Gasteiger partial charge in [0.15, 0.2) is 0 Å². The standard InChI is InChI=1S/C12H15N3.2ClH/c1-2-6-12-11(5-1)14-9-15(12)10-4-3-7-13-8-10;;/h1-2,5-6,9-10,13H,3-4,7-8H2;2*1H. The van der Waals surface area contributed by atoms with E-state index in [9.17, 15) is 0 Å². The van der Waals surface area contributed by atoms with Gasteiger partial charge in [0.2, 0.25) is 0 Å². The number of para-hydroxylation sites is 2. The van der Waals surface area contributed by atoms with Crippen molar-refractivity contribution in [2.75, 3.05) is 13.1 Å². The number of fused-ring (bicyclic) bond motifs is 1. The quantitative estimate of drug-likeness (QED) is 0.866. The highest BCUT2D eigenvalue weighted by atomic mass is 35.5. The van der Waals surface area contributed by atoms with E-state index in [1.165, 1.54) is 18.4 Å². The molecule has 2 heterocycles. The molecule has 1 saturated heterocycles. The van der Waals surface area contributed by atoms with Crippen molar-refractivity contribution in [1.82, 2.24) is 14.9 Å². The Morgan fingerprint density at radius 2 is 2.06 bits per heavy atom. The highest BCUT2D eigenvalue weighted by Crippen LogP contribution is 2.22. The van der Waals surface area contributed by atoms with E-state index >= 15 is 0 Å². The normalized spacial score (nSPS) is 19.4. The summed E-state index contributed by atoms with van der Waals surface area (Å²) in [7, 11) is 0. The Bertz CT molecular complexity index is 463. The summed E-state index contributed by atoms with van der Waals surface area (Å²) in [5, 5.41) is 3.44. The topological polar surface area (TPSA) is 29.9 Å². The average molecular weight is 274 g/mol. The first-order valence-corrected chi connectivity index (χ1v) is 5.57. The summed E-state index contributed by atoms with van der Waals surface area (Å²) in [6.07, 6.45) is 4.49. The predicted octanol–water partition coefficient (Wildman–Crippen LogP) is 2.80. The second-order valence-corrected chi connectivity index (χ2v) is 4.14. The molecular weight excluding hydrogens is 257 g/mol. The van der Waals surface area contributed by atoms with Crippen LogP contribution in [-0.2, 0) is 0 Å². The van der Waals surface area contributed by atoms with Gasteiger partial charge in [-0.2, -0.15) is 0 Å². The number of piperidine rings is 1. The Hall–Kier alpha value is -0.770. The molecule has 0 spiro atoms. The van der Waals surface area contributed by atoms with Crippen molar-refractivity contribution in [3.05, 3.63) is 30.6 Å². The largest absolute Gasteiger partial charge is 0.326 e. The lowest BCUT2D eigenvalue weighted by molar-refractivity contribution is 0.378. The van der Waals surface area contributed by atoms with Gasteiger partial charge in [0, 0.05) is 12.6 Å². The molecule has 3 rings (SSSR count). The van der Waals surface area contributed by atoms with Crippen LogP contribution >= 0.6 is 24.8 Å². The first-order valence-electron chi connectivity index (χ1n) is 5.57. The number of aromatic nitrogens is 2. The Balaban J connectivity index is 0.000000722. The van der Waals surface area contributed by atoms with Gasteiger partial charge in [-0.05, 0) is 31.5 Å². The molecule has 0 aliphatic carbocycles. The molecule has 2 aromatic rings. The summed E-state index contributed by atoms with van der Waals surface area (Å²) in [5.41, 5.74) is 2.36. The van der Waals surface area contributed by atoms with Gasteiger partial charge in [0.05, 0.1) is 17.4 Å². The number of imidazole rings is 1. The van der Waals surface area contributed by atoms with Crippen molar-refractivity contribution >= 4 is 35.8 Å². The first-order chi connectivity index (χ1) is 7.45. The Morgan fingerprint density at radius 1 is 1.24 bits per heavy atom. The third-order valence-electron chi connectivity index (χ3n) is 3.15. The maximum atomic E-state index is 4.43. The first kappa shape index (κ1) is 14.3. The number of nitrogens with zero attached hydrogens (tertiary/aromatic N) is 2. The van der Waals surface area contributed by atoms with Gasteiger partial charge in [-0.3, -0.25) is 0 Å². The number of halogens is 2. The van der Waals surface area contributed by atoms with Crippen molar-refractivity contribution in [1.29, 1.82) is 0 Å². The number of hydrogen-bond donors (Lipinski definition) is 1. The van der Waals surface area contributed by atoms with Gasteiger partial charge in [-0.25, -0.2) is 4.98 Å². The van der Waals surface area contributed by atoms with Crippen LogP contribution in [0.5, 0.6) is 0 Å².